The van der Waals surface area contributed by atoms with Gasteiger partial charge in [-0.2, -0.15) is 0 Å². The molecule has 2 aromatic carbocycles. The molecule has 0 radical (unpaired) electrons. The predicted octanol–water partition coefficient (Wildman–Crippen LogP) is 6.47. The average Bonchev–Trinajstić information content (AvgIpc) is 4.10. The number of fused-ring (bicyclic) bond motifs is 2. The Morgan fingerprint density at radius 1 is 0.947 bits per heavy atom. The molecular formula is C45H50N6O6. The molecule has 2 unspecified atom stereocenters. The Morgan fingerprint density at radius 3 is 2.39 bits per heavy atom. The van der Waals surface area contributed by atoms with Crippen LogP contribution in [0.25, 0.3) is 28.0 Å². The van der Waals surface area contributed by atoms with Crippen LogP contribution in [-0.2, 0) is 30.4 Å². The van der Waals surface area contributed by atoms with Gasteiger partial charge >= 0.3 is 5.97 Å². The zero-order chi connectivity index (χ0) is 39.6. The standard InChI is InChI=1S/C45H50N6O6/c1-26(56-2)35(22-39(52)57-3)45(55)51-19-5-7-38(51)42-48-25-37(50-42)30-14-12-28(13-15-30)27-8-10-29(11-9-27)34-21-36(47-24-34)40-31-16-17-32(20-31)41(40)44(54)49-23-33-6-4-18-46-43(33)53/h4,6,8-15,18,24-26,31-32,35,38,40-41H,5,7,16-17,19-23H2,1-3H3,(H,46,53)(H,48,50)(H,49,54)/t26-,31?,32?,35+,38+,40-,41+/m1/s1. The molecule has 4 aromatic rings. The van der Waals surface area contributed by atoms with Gasteiger partial charge in [0, 0.05) is 62.1 Å². The first-order chi connectivity index (χ1) is 27.7. The molecule has 7 atom stereocenters. The van der Waals surface area contributed by atoms with E-state index in [0.717, 1.165) is 83.6 Å². The Kier molecular flexibility index (Phi) is 11.1. The summed E-state index contributed by atoms with van der Waals surface area (Å²) in [5, 5.41) is 3.07. The molecule has 296 valence electrons. The van der Waals surface area contributed by atoms with Gasteiger partial charge in [0.25, 0.3) is 5.56 Å². The highest BCUT2D eigenvalue weighted by Crippen LogP contribution is 2.54. The highest BCUT2D eigenvalue weighted by molar-refractivity contribution is 6.02. The number of H-pyrrole nitrogens is 2. The predicted molar refractivity (Wildman–Crippen MR) is 216 cm³/mol. The fourth-order valence-electron chi connectivity index (χ4n) is 9.65. The number of ether oxygens (including phenoxy) is 2. The number of carbonyl (C=O) groups excluding carboxylic acids is 3. The summed E-state index contributed by atoms with van der Waals surface area (Å²) in [6.07, 6.45) is 10.5. The van der Waals surface area contributed by atoms with Crippen molar-refractivity contribution in [2.45, 2.75) is 70.6 Å². The van der Waals surface area contributed by atoms with E-state index in [2.05, 4.69) is 63.8 Å². The number of amides is 2. The molecule has 3 fully saturated rings. The number of rotatable bonds is 13. The highest BCUT2D eigenvalue weighted by atomic mass is 16.5. The number of imidazole rings is 1. The van der Waals surface area contributed by atoms with E-state index in [9.17, 15) is 19.2 Å². The monoisotopic (exact) mass is 770 g/mol. The first-order valence-electron chi connectivity index (χ1n) is 20.1. The molecule has 8 rings (SSSR count). The van der Waals surface area contributed by atoms with Gasteiger partial charge in [0.1, 0.15) is 5.82 Å². The van der Waals surface area contributed by atoms with Crippen molar-refractivity contribution in [1.82, 2.24) is 25.2 Å². The van der Waals surface area contributed by atoms with Gasteiger partial charge in [0.15, 0.2) is 0 Å². The van der Waals surface area contributed by atoms with Crippen LogP contribution in [0.2, 0.25) is 0 Å². The quantitative estimate of drug-likeness (QED) is 0.131. The Morgan fingerprint density at radius 2 is 1.67 bits per heavy atom. The molecule has 57 heavy (non-hydrogen) atoms. The van der Waals surface area contributed by atoms with Crippen molar-refractivity contribution in [2.75, 3.05) is 20.8 Å². The van der Waals surface area contributed by atoms with E-state index in [1.54, 1.807) is 32.4 Å². The van der Waals surface area contributed by atoms with E-state index in [4.69, 9.17) is 19.5 Å². The van der Waals surface area contributed by atoms with Crippen molar-refractivity contribution in [3.63, 3.8) is 0 Å². The number of carbonyl (C=O) groups is 3. The van der Waals surface area contributed by atoms with Crippen molar-refractivity contribution in [3.05, 3.63) is 107 Å². The van der Waals surface area contributed by atoms with Gasteiger partial charge in [-0.05, 0) is 84.8 Å². The van der Waals surface area contributed by atoms with Crippen LogP contribution in [0.3, 0.4) is 0 Å². The molecular weight excluding hydrogens is 721 g/mol. The van der Waals surface area contributed by atoms with E-state index < -0.39 is 18.0 Å². The molecule has 2 bridgehead atoms. The summed E-state index contributed by atoms with van der Waals surface area (Å²) in [7, 11) is 2.87. The van der Waals surface area contributed by atoms with Gasteiger partial charge in [0.2, 0.25) is 11.8 Å². The van der Waals surface area contributed by atoms with Crippen molar-refractivity contribution >= 4 is 29.1 Å². The van der Waals surface area contributed by atoms with Gasteiger partial charge in [-0.1, -0.05) is 54.6 Å². The lowest BCUT2D eigenvalue weighted by atomic mass is 9.75. The molecule has 3 N–H and O–H groups in total. The zero-order valence-corrected chi connectivity index (χ0v) is 32.7. The summed E-state index contributed by atoms with van der Waals surface area (Å²) >= 11 is 0. The van der Waals surface area contributed by atoms with Crippen LogP contribution < -0.4 is 10.9 Å². The Balaban J connectivity index is 0.890. The van der Waals surface area contributed by atoms with Gasteiger partial charge in [-0.15, -0.1) is 0 Å². The van der Waals surface area contributed by atoms with Crippen molar-refractivity contribution in [2.24, 2.45) is 34.6 Å². The summed E-state index contributed by atoms with van der Waals surface area (Å²) in [5.74, 6) is 0.404. The van der Waals surface area contributed by atoms with Crippen LogP contribution in [0, 0.1) is 29.6 Å². The van der Waals surface area contributed by atoms with E-state index >= 15 is 0 Å². The number of aliphatic imine (C=N–C) groups is 1. The second kappa shape index (κ2) is 16.5. The fraction of sp³-hybridized carbons (Fsp3) is 0.422. The molecule has 0 spiro atoms. The number of esters is 1. The number of nitrogens with one attached hydrogen (secondary N) is 3. The van der Waals surface area contributed by atoms with E-state index in [1.807, 2.05) is 17.3 Å². The summed E-state index contributed by atoms with van der Waals surface area (Å²) in [6.45, 7) is 2.62. The van der Waals surface area contributed by atoms with Gasteiger partial charge < -0.3 is 29.7 Å². The minimum Gasteiger partial charge on any atom is -0.469 e. The lowest BCUT2D eigenvalue weighted by Gasteiger charge is -2.30. The van der Waals surface area contributed by atoms with Gasteiger partial charge in [-0.3, -0.25) is 24.2 Å². The molecule has 4 heterocycles. The molecule has 2 aromatic heterocycles. The van der Waals surface area contributed by atoms with Crippen LogP contribution in [0.5, 0.6) is 0 Å². The number of likely N-dealkylation sites (tertiary alicyclic amines) is 1. The minimum absolute atomic E-state index is 0.0297. The lowest BCUT2D eigenvalue weighted by Crippen LogP contribution is -2.41. The summed E-state index contributed by atoms with van der Waals surface area (Å²) < 4.78 is 10.3. The van der Waals surface area contributed by atoms with E-state index in [-0.39, 0.29) is 48.2 Å². The number of hydrogen-bond acceptors (Lipinski definition) is 8. The van der Waals surface area contributed by atoms with E-state index in [0.29, 0.717) is 23.9 Å². The second-order valence-corrected chi connectivity index (χ2v) is 15.9. The zero-order valence-electron chi connectivity index (χ0n) is 32.7. The number of aromatic nitrogens is 3. The maximum Gasteiger partial charge on any atom is 0.306 e. The first-order valence-corrected chi connectivity index (χ1v) is 20.1. The van der Waals surface area contributed by atoms with Crippen LogP contribution in [0.4, 0.5) is 0 Å². The molecule has 2 saturated carbocycles. The Labute approximate surface area is 332 Å². The van der Waals surface area contributed by atoms with Gasteiger partial charge in [-0.25, -0.2) is 4.98 Å². The van der Waals surface area contributed by atoms with Crippen LogP contribution in [-0.4, -0.2) is 70.2 Å². The molecule has 4 aliphatic rings. The summed E-state index contributed by atoms with van der Waals surface area (Å²) in [6, 6.07) is 20.2. The number of benzene rings is 2. The summed E-state index contributed by atoms with van der Waals surface area (Å²) in [5.41, 5.74) is 7.83. The van der Waals surface area contributed by atoms with Crippen LogP contribution in [0.1, 0.15) is 74.9 Å². The number of aromatic amines is 2. The topological polar surface area (TPSA) is 159 Å². The minimum atomic E-state index is -0.638. The lowest BCUT2D eigenvalue weighted by molar-refractivity contribution is -0.151. The Bertz CT molecular complexity index is 2240. The van der Waals surface area contributed by atoms with Crippen LogP contribution in [0.15, 0.2) is 89.0 Å². The third-order valence-electron chi connectivity index (χ3n) is 12.8. The number of nitrogens with zero attached hydrogens (tertiary/aromatic N) is 3. The maximum atomic E-state index is 13.7. The largest absolute Gasteiger partial charge is 0.469 e. The number of pyridine rings is 1. The molecule has 12 heteroatoms. The summed E-state index contributed by atoms with van der Waals surface area (Å²) in [4.78, 5) is 69.1. The number of hydrogen-bond donors (Lipinski definition) is 3. The Hall–Kier alpha value is -5.62. The highest BCUT2D eigenvalue weighted by Gasteiger charge is 2.52. The van der Waals surface area contributed by atoms with Gasteiger partial charge in [0.05, 0.1) is 43.5 Å². The smallest absolute Gasteiger partial charge is 0.306 e. The molecule has 2 aliphatic heterocycles. The normalized spacial score (nSPS) is 23.6. The van der Waals surface area contributed by atoms with Crippen molar-refractivity contribution < 1.29 is 23.9 Å². The van der Waals surface area contributed by atoms with Crippen molar-refractivity contribution in [3.8, 4) is 22.4 Å². The maximum absolute atomic E-state index is 13.7. The fourth-order valence-corrected chi connectivity index (χ4v) is 9.65. The first kappa shape index (κ1) is 38.3. The second-order valence-electron chi connectivity index (χ2n) is 15.9. The number of methoxy groups -OCH3 is 2. The third-order valence-corrected chi connectivity index (χ3v) is 12.8. The average molecular weight is 771 g/mol. The number of allylic oxidation sites excluding steroid dienone is 1. The van der Waals surface area contributed by atoms with Crippen LogP contribution >= 0.6 is 0 Å². The molecule has 12 nitrogen and oxygen atoms in total. The molecule has 1 saturated heterocycles. The molecule has 2 aliphatic carbocycles. The van der Waals surface area contributed by atoms with Crippen molar-refractivity contribution in [1.29, 1.82) is 0 Å². The third kappa shape index (κ3) is 7.75. The van der Waals surface area contributed by atoms with E-state index in [1.165, 1.54) is 7.11 Å². The molecule has 2 amide bonds. The SMILES string of the molecule is COC(=O)C[C@H](C(=O)N1CCC[C@H]1c1ncc(-c2ccc(-c3ccc(C4=CN=C([C@H]5C6CCC(C6)[C@@H]5C(=O)NCc5ccc[nH]c5=O)C4)cc3)cc2)[nH]1)[C@@H](C)OC.